The first-order valence-electron chi connectivity index (χ1n) is 7.47. The number of carbonyl (C=O) groups is 1. The quantitative estimate of drug-likeness (QED) is 0.621. The first kappa shape index (κ1) is 18.7. The molecule has 1 aromatic heterocycles. The van der Waals surface area contributed by atoms with E-state index in [1.807, 2.05) is 0 Å². The summed E-state index contributed by atoms with van der Waals surface area (Å²) in [5.41, 5.74) is 1.31. The minimum atomic E-state index is -0.355. The normalized spacial score (nSPS) is 10.8. The van der Waals surface area contributed by atoms with Crippen LogP contribution >= 0.6 is 35.0 Å². The molecule has 2 aromatic carbocycles. The molecule has 1 heterocycles. The van der Waals surface area contributed by atoms with E-state index in [0.717, 1.165) is 5.56 Å². The lowest BCUT2D eigenvalue weighted by Crippen LogP contribution is -2.14. The zero-order valence-electron chi connectivity index (χ0n) is 13.5. The van der Waals surface area contributed by atoms with Crippen molar-refractivity contribution in [1.82, 2.24) is 14.8 Å². The number of aromatic nitrogens is 3. The van der Waals surface area contributed by atoms with Gasteiger partial charge in [0.1, 0.15) is 5.82 Å². The topological polar surface area (TPSA) is 59.8 Å². The van der Waals surface area contributed by atoms with Gasteiger partial charge >= 0.3 is 0 Å². The summed E-state index contributed by atoms with van der Waals surface area (Å²) >= 11 is 13.2. The van der Waals surface area contributed by atoms with Gasteiger partial charge in [-0.05, 0) is 42.5 Å². The molecule has 1 amide bonds. The maximum Gasteiger partial charge on any atom is 0.234 e. The summed E-state index contributed by atoms with van der Waals surface area (Å²) in [7, 11) is 1.80. The summed E-state index contributed by atoms with van der Waals surface area (Å²) in [5, 5.41) is 12.4. The van der Waals surface area contributed by atoms with Crippen molar-refractivity contribution < 1.29 is 9.18 Å². The second-order valence-corrected chi connectivity index (χ2v) is 7.09. The minimum absolute atomic E-state index is 0.144. The largest absolute Gasteiger partial charge is 0.325 e. The van der Waals surface area contributed by atoms with Crippen LogP contribution in [0.4, 0.5) is 10.1 Å². The van der Waals surface area contributed by atoms with Gasteiger partial charge in [0.2, 0.25) is 5.91 Å². The number of halogens is 3. The van der Waals surface area contributed by atoms with Crippen molar-refractivity contribution in [2.75, 3.05) is 11.1 Å². The highest BCUT2D eigenvalue weighted by Gasteiger charge is 2.14. The van der Waals surface area contributed by atoms with E-state index in [4.69, 9.17) is 23.2 Å². The number of carbonyl (C=O) groups excluding carboxylic acids is 1. The molecule has 5 nitrogen and oxygen atoms in total. The van der Waals surface area contributed by atoms with Crippen LogP contribution in [0.5, 0.6) is 0 Å². The highest BCUT2D eigenvalue weighted by atomic mass is 35.5. The first-order chi connectivity index (χ1) is 12.4. The fraction of sp³-hybridized carbons (Fsp3) is 0.118. The van der Waals surface area contributed by atoms with Gasteiger partial charge in [0.15, 0.2) is 11.0 Å². The third kappa shape index (κ3) is 4.35. The van der Waals surface area contributed by atoms with Crippen molar-refractivity contribution in [3.05, 3.63) is 58.3 Å². The molecule has 134 valence electrons. The fourth-order valence-corrected chi connectivity index (χ4v) is 3.20. The van der Waals surface area contributed by atoms with Crippen LogP contribution in [0.3, 0.4) is 0 Å². The molecule has 0 aliphatic heterocycles. The maximum absolute atomic E-state index is 12.9. The Labute approximate surface area is 163 Å². The lowest BCUT2D eigenvalue weighted by Gasteiger charge is -2.06. The molecule has 9 heteroatoms. The number of hydrogen-bond donors (Lipinski definition) is 1. The molecule has 0 atom stereocenters. The van der Waals surface area contributed by atoms with Crippen molar-refractivity contribution in [1.29, 1.82) is 0 Å². The molecule has 0 spiro atoms. The molecule has 0 aliphatic carbocycles. The van der Waals surface area contributed by atoms with Gasteiger partial charge in [0, 0.05) is 18.3 Å². The van der Waals surface area contributed by atoms with Gasteiger partial charge in [-0.3, -0.25) is 4.79 Å². The van der Waals surface area contributed by atoms with E-state index in [1.165, 1.54) is 36.0 Å². The van der Waals surface area contributed by atoms with Crippen LogP contribution < -0.4 is 5.32 Å². The summed E-state index contributed by atoms with van der Waals surface area (Å²) < 4.78 is 14.7. The van der Waals surface area contributed by atoms with Crippen LogP contribution in [0.15, 0.2) is 47.6 Å². The lowest BCUT2D eigenvalue weighted by molar-refractivity contribution is -0.113. The molecule has 0 radical (unpaired) electrons. The number of nitrogens with zero attached hydrogens (tertiary/aromatic N) is 3. The van der Waals surface area contributed by atoms with Crippen LogP contribution in [0.2, 0.25) is 10.0 Å². The molecular weight excluding hydrogens is 398 g/mol. The minimum Gasteiger partial charge on any atom is -0.325 e. The second kappa shape index (κ2) is 8.07. The van der Waals surface area contributed by atoms with Crippen molar-refractivity contribution in [2.24, 2.45) is 7.05 Å². The summed E-state index contributed by atoms with van der Waals surface area (Å²) in [6.07, 6.45) is 0. The van der Waals surface area contributed by atoms with Gasteiger partial charge in [-0.25, -0.2) is 4.39 Å². The van der Waals surface area contributed by atoms with Gasteiger partial charge in [-0.15, -0.1) is 10.2 Å². The third-order valence-corrected chi connectivity index (χ3v) is 5.23. The first-order valence-corrected chi connectivity index (χ1v) is 9.21. The fourth-order valence-electron chi connectivity index (χ4n) is 2.19. The number of hydrogen-bond acceptors (Lipinski definition) is 4. The number of nitrogens with one attached hydrogen (secondary N) is 1. The Morgan fingerprint density at radius 3 is 2.58 bits per heavy atom. The van der Waals surface area contributed by atoms with E-state index in [-0.39, 0.29) is 17.5 Å². The molecule has 0 fully saturated rings. The molecule has 3 rings (SSSR count). The average molecular weight is 411 g/mol. The molecule has 0 aliphatic rings. The Bertz CT molecular complexity index is 946. The smallest absolute Gasteiger partial charge is 0.234 e. The summed E-state index contributed by atoms with van der Waals surface area (Å²) in [6, 6.07) is 10.8. The number of anilines is 1. The molecule has 0 bridgehead atoms. The second-order valence-electron chi connectivity index (χ2n) is 5.34. The zero-order chi connectivity index (χ0) is 18.7. The van der Waals surface area contributed by atoms with Crippen LogP contribution in [0, 0.1) is 5.82 Å². The van der Waals surface area contributed by atoms with Crippen molar-refractivity contribution >= 4 is 46.6 Å². The van der Waals surface area contributed by atoms with E-state index in [0.29, 0.717) is 26.7 Å². The monoisotopic (exact) mass is 410 g/mol. The van der Waals surface area contributed by atoms with Gasteiger partial charge in [0.05, 0.1) is 15.8 Å². The molecule has 0 saturated carbocycles. The van der Waals surface area contributed by atoms with Gasteiger partial charge in [-0.1, -0.05) is 35.0 Å². The Kier molecular flexibility index (Phi) is 5.80. The highest BCUT2D eigenvalue weighted by Crippen LogP contribution is 2.29. The summed E-state index contributed by atoms with van der Waals surface area (Å²) in [5.74, 6) is 0.182. The number of amides is 1. The zero-order valence-corrected chi connectivity index (χ0v) is 15.9. The van der Waals surface area contributed by atoms with Gasteiger partial charge in [0.25, 0.3) is 0 Å². The average Bonchev–Trinajstić information content (AvgIpc) is 2.98. The number of rotatable bonds is 5. The Morgan fingerprint density at radius 2 is 1.88 bits per heavy atom. The van der Waals surface area contributed by atoms with Crippen LogP contribution in [-0.2, 0) is 11.8 Å². The standard InChI is InChI=1S/C17H13Cl2FN4OS/c1-24-16(10-2-7-13(18)14(19)8-10)22-23-17(24)26-9-15(25)21-12-5-3-11(20)4-6-12/h2-8H,9H2,1H3,(H,21,25). The van der Waals surface area contributed by atoms with E-state index in [9.17, 15) is 9.18 Å². The van der Waals surface area contributed by atoms with Crippen LogP contribution in [0.25, 0.3) is 11.4 Å². The summed E-state index contributed by atoms with van der Waals surface area (Å²) in [4.78, 5) is 12.0. The Hall–Kier alpha value is -2.09. The number of thioether (sulfide) groups is 1. The van der Waals surface area contributed by atoms with Crippen molar-refractivity contribution in [3.8, 4) is 11.4 Å². The Balaban J connectivity index is 1.65. The molecule has 26 heavy (non-hydrogen) atoms. The highest BCUT2D eigenvalue weighted by molar-refractivity contribution is 7.99. The molecule has 3 aromatic rings. The molecular formula is C17H13Cl2FN4OS. The predicted octanol–water partition coefficient (Wildman–Crippen LogP) is 4.66. The maximum atomic E-state index is 12.9. The predicted molar refractivity (Wildman–Crippen MR) is 102 cm³/mol. The van der Waals surface area contributed by atoms with Crippen molar-refractivity contribution in [3.63, 3.8) is 0 Å². The van der Waals surface area contributed by atoms with Gasteiger partial charge < -0.3 is 9.88 Å². The Morgan fingerprint density at radius 1 is 1.15 bits per heavy atom. The van der Waals surface area contributed by atoms with Gasteiger partial charge in [-0.2, -0.15) is 0 Å². The number of benzene rings is 2. The van der Waals surface area contributed by atoms with Crippen LogP contribution in [0.1, 0.15) is 0 Å². The summed E-state index contributed by atoms with van der Waals surface area (Å²) in [6.45, 7) is 0. The van der Waals surface area contributed by atoms with E-state index in [1.54, 1.807) is 29.8 Å². The SMILES string of the molecule is Cn1c(SCC(=O)Nc2ccc(F)cc2)nnc1-c1ccc(Cl)c(Cl)c1. The molecule has 0 saturated heterocycles. The molecule has 0 unspecified atom stereocenters. The van der Waals surface area contributed by atoms with E-state index in [2.05, 4.69) is 15.5 Å². The molecule has 1 N–H and O–H groups in total. The van der Waals surface area contributed by atoms with Crippen LogP contribution in [-0.4, -0.2) is 26.4 Å². The van der Waals surface area contributed by atoms with E-state index >= 15 is 0 Å². The third-order valence-electron chi connectivity index (χ3n) is 3.47. The van der Waals surface area contributed by atoms with Crippen molar-refractivity contribution in [2.45, 2.75) is 5.16 Å². The lowest BCUT2D eigenvalue weighted by atomic mass is 10.2. The van der Waals surface area contributed by atoms with E-state index < -0.39 is 0 Å².